The lowest BCUT2D eigenvalue weighted by Gasteiger charge is -2.09. The van der Waals surface area contributed by atoms with Crippen LogP contribution in [0.2, 0.25) is 0 Å². The van der Waals surface area contributed by atoms with Gasteiger partial charge in [0.05, 0.1) is 5.69 Å². The number of anilines is 1. The predicted molar refractivity (Wildman–Crippen MR) is 85.9 cm³/mol. The second-order valence-electron chi connectivity index (χ2n) is 5.35. The van der Waals surface area contributed by atoms with Gasteiger partial charge in [-0.1, -0.05) is 12.1 Å². The van der Waals surface area contributed by atoms with Crippen molar-refractivity contribution in [3.63, 3.8) is 0 Å². The van der Waals surface area contributed by atoms with Crippen LogP contribution in [0.1, 0.15) is 11.1 Å². The van der Waals surface area contributed by atoms with Gasteiger partial charge in [0.1, 0.15) is 5.75 Å². The van der Waals surface area contributed by atoms with Crippen molar-refractivity contribution in [1.82, 2.24) is 5.32 Å². The smallest absolute Gasteiger partial charge is 0.313 e. The molecule has 3 rings (SSSR count). The first-order chi connectivity index (χ1) is 11.5. The van der Waals surface area contributed by atoms with Crippen molar-refractivity contribution in [1.29, 1.82) is 0 Å². The molecule has 0 unspecified atom stereocenters. The number of aromatic hydroxyl groups is 1. The minimum Gasteiger partial charge on any atom is -0.506 e. The van der Waals surface area contributed by atoms with Gasteiger partial charge in [-0.2, -0.15) is 0 Å². The van der Waals surface area contributed by atoms with Gasteiger partial charge < -0.3 is 25.2 Å². The minimum atomic E-state index is -0.850. The molecule has 24 heavy (non-hydrogen) atoms. The Labute approximate surface area is 138 Å². The second kappa shape index (κ2) is 6.49. The van der Waals surface area contributed by atoms with Crippen LogP contribution in [-0.4, -0.2) is 23.7 Å². The van der Waals surface area contributed by atoms with E-state index >= 15 is 0 Å². The highest BCUT2D eigenvalue weighted by Crippen LogP contribution is 2.32. The van der Waals surface area contributed by atoms with E-state index in [1.54, 1.807) is 30.3 Å². The lowest BCUT2D eigenvalue weighted by Crippen LogP contribution is -2.35. The number of hydrogen-bond acceptors (Lipinski definition) is 5. The molecule has 1 aliphatic rings. The molecule has 0 saturated heterocycles. The molecule has 7 nitrogen and oxygen atoms in total. The fourth-order valence-corrected chi connectivity index (χ4v) is 2.24. The number of phenols is 1. The third-order valence-electron chi connectivity index (χ3n) is 3.50. The summed E-state index contributed by atoms with van der Waals surface area (Å²) in [6, 6.07) is 10.00. The molecule has 0 aromatic heterocycles. The van der Waals surface area contributed by atoms with Gasteiger partial charge in [-0.05, 0) is 42.3 Å². The molecule has 0 spiro atoms. The van der Waals surface area contributed by atoms with E-state index in [4.69, 9.17) is 9.47 Å². The number of rotatable bonds is 3. The zero-order chi connectivity index (χ0) is 17.1. The quantitative estimate of drug-likeness (QED) is 0.588. The molecule has 0 saturated carbocycles. The van der Waals surface area contributed by atoms with Gasteiger partial charge in [0.15, 0.2) is 11.5 Å². The van der Waals surface area contributed by atoms with E-state index in [0.29, 0.717) is 11.5 Å². The third-order valence-corrected chi connectivity index (χ3v) is 3.50. The van der Waals surface area contributed by atoms with E-state index in [0.717, 1.165) is 11.1 Å². The molecule has 0 radical (unpaired) electrons. The van der Waals surface area contributed by atoms with Crippen LogP contribution < -0.4 is 20.1 Å². The minimum absolute atomic E-state index is 0.0995. The first-order valence-corrected chi connectivity index (χ1v) is 7.30. The summed E-state index contributed by atoms with van der Waals surface area (Å²) in [5.74, 6) is -0.489. The maximum Gasteiger partial charge on any atom is 0.313 e. The van der Waals surface area contributed by atoms with E-state index in [9.17, 15) is 14.7 Å². The standard InChI is InChI=1S/C17H16N2O5/c1-10-2-4-13(20)12(6-10)19-17(22)16(21)18-8-11-3-5-14-15(7-11)24-9-23-14/h2-7,20H,8-9H2,1H3,(H,18,21)(H,19,22). The van der Waals surface area contributed by atoms with Gasteiger partial charge in [-0.25, -0.2) is 0 Å². The normalized spacial score (nSPS) is 11.9. The topological polar surface area (TPSA) is 96.9 Å². The van der Waals surface area contributed by atoms with Gasteiger partial charge >= 0.3 is 11.8 Å². The molecular formula is C17H16N2O5. The maximum atomic E-state index is 11.9. The molecule has 0 fully saturated rings. The van der Waals surface area contributed by atoms with Crippen molar-refractivity contribution in [3.05, 3.63) is 47.5 Å². The van der Waals surface area contributed by atoms with Crippen molar-refractivity contribution < 1.29 is 24.2 Å². The monoisotopic (exact) mass is 328 g/mol. The number of aryl methyl sites for hydroxylation is 1. The summed E-state index contributed by atoms with van der Waals surface area (Å²) in [5, 5.41) is 14.6. The highest BCUT2D eigenvalue weighted by molar-refractivity contribution is 6.39. The van der Waals surface area contributed by atoms with Crippen molar-refractivity contribution >= 4 is 17.5 Å². The summed E-state index contributed by atoms with van der Waals surface area (Å²) < 4.78 is 10.5. The third kappa shape index (κ3) is 3.40. The number of benzene rings is 2. The Balaban J connectivity index is 1.58. The van der Waals surface area contributed by atoms with Gasteiger partial charge in [0, 0.05) is 6.54 Å². The van der Waals surface area contributed by atoms with Crippen LogP contribution in [0, 0.1) is 6.92 Å². The Morgan fingerprint density at radius 2 is 1.88 bits per heavy atom. The van der Waals surface area contributed by atoms with Crippen LogP contribution in [0.5, 0.6) is 17.2 Å². The number of ether oxygens (including phenoxy) is 2. The zero-order valence-electron chi connectivity index (χ0n) is 13.0. The fourth-order valence-electron chi connectivity index (χ4n) is 2.24. The van der Waals surface area contributed by atoms with Gasteiger partial charge in [0.2, 0.25) is 6.79 Å². The van der Waals surface area contributed by atoms with Crippen LogP contribution in [0.15, 0.2) is 36.4 Å². The summed E-state index contributed by atoms with van der Waals surface area (Å²) in [6.45, 7) is 2.16. The SMILES string of the molecule is Cc1ccc(O)c(NC(=O)C(=O)NCc2ccc3c(c2)OCO3)c1. The number of fused-ring (bicyclic) bond motifs is 1. The Morgan fingerprint density at radius 3 is 2.71 bits per heavy atom. The van der Waals surface area contributed by atoms with E-state index < -0.39 is 11.8 Å². The molecule has 2 aromatic rings. The molecule has 124 valence electrons. The van der Waals surface area contributed by atoms with Crippen molar-refractivity contribution in [2.24, 2.45) is 0 Å². The Bertz CT molecular complexity index is 804. The highest BCUT2D eigenvalue weighted by Gasteiger charge is 2.17. The molecule has 0 aliphatic carbocycles. The number of amides is 2. The van der Waals surface area contributed by atoms with Crippen molar-refractivity contribution in [3.8, 4) is 17.2 Å². The Hall–Kier alpha value is -3.22. The first-order valence-electron chi connectivity index (χ1n) is 7.30. The van der Waals surface area contributed by atoms with Crippen LogP contribution >= 0.6 is 0 Å². The van der Waals surface area contributed by atoms with E-state index in [2.05, 4.69) is 10.6 Å². The zero-order valence-corrected chi connectivity index (χ0v) is 13.0. The van der Waals surface area contributed by atoms with Crippen molar-refractivity contribution in [2.75, 3.05) is 12.1 Å². The highest BCUT2D eigenvalue weighted by atomic mass is 16.7. The number of phenolic OH excluding ortho intramolecular Hbond substituents is 1. The molecule has 0 bridgehead atoms. The van der Waals surface area contributed by atoms with Gasteiger partial charge in [-0.3, -0.25) is 9.59 Å². The second-order valence-corrected chi connectivity index (χ2v) is 5.35. The summed E-state index contributed by atoms with van der Waals surface area (Å²) >= 11 is 0. The molecular weight excluding hydrogens is 312 g/mol. The average Bonchev–Trinajstić information content (AvgIpc) is 3.03. The largest absolute Gasteiger partial charge is 0.506 e. The molecule has 3 N–H and O–H groups in total. The molecule has 2 amide bonds. The van der Waals surface area contributed by atoms with Crippen molar-refractivity contribution in [2.45, 2.75) is 13.5 Å². The maximum absolute atomic E-state index is 11.9. The van der Waals surface area contributed by atoms with Gasteiger partial charge in [-0.15, -0.1) is 0 Å². The van der Waals surface area contributed by atoms with E-state index in [-0.39, 0.29) is 24.8 Å². The molecule has 1 heterocycles. The van der Waals surface area contributed by atoms with Crippen LogP contribution in [0.4, 0.5) is 5.69 Å². The Morgan fingerprint density at radius 1 is 1.08 bits per heavy atom. The molecule has 2 aromatic carbocycles. The Kier molecular flexibility index (Phi) is 4.24. The average molecular weight is 328 g/mol. The summed E-state index contributed by atoms with van der Waals surface area (Å²) in [4.78, 5) is 23.8. The van der Waals surface area contributed by atoms with E-state index in [1.807, 2.05) is 6.92 Å². The summed E-state index contributed by atoms with van der Waals surface area (Å²) in [7, 11) is 0. The first kappa shape index (κ1) is 15.7. The molecule has 7 heteroatoms. The number of carbonyl (C=O) groups is 2. The van der Waals surface area contributed by atoms with Crippen LogP contribution in [0.25, 0.3) is 0 Å². The van der Waals surface area contributed by atoms with Crippen LogP contribution in [-0.2, 0) is 16.1 Å². The number of hydrogen-bond donors (Lipinski definition) is 3. The van der Waals surface area contributed by atoms with Crippen LogP contribution in [0.3, 0.4) is 0 Å². The lowest BCUT2D eigenvalue weighted by molar-refractivity contribution is -0.136. The summed E-state index contributed by atoms with van der Waals surface area (Å²) in [5.41, 5.74) is 1.82. The van der Waals surface area contributed by atoms with Gasteiger partial charge in [0.25, 0.3) is 0 Å². The molecule has 1 aliphatic heterocycles. The summed E-state index contributed by atoms with van der Waals surface area (Å²) in [6.07, 6.45) is 0. The lowest BCUT2D eigenvalue weighted by atomic mass is 10.2. The number of nitrogens with one attached hydrogen (secondary N) is 2. The predicted octanol–water partition coefficient (Wildman–Crippen LogP) is 1.68. The molecule has 0 atom stereocenters. The van der Waals surface area contributed by atoms with E-state index in [1.165, 1.54) is 6.07 Å². The fraction of sp³-hybridized carbons (Fsp3) is 0.176. The number of carbonyl (C=O) groups excluding carboxylic acids is 2.